The molecule has 1 aromatic rings. The molecular formula is C11H18N2O2. The number of hydrogen-bond acceptors (Lipinski definition) is 3. The van der Waals surface area contributed by atoms with E-state index in [1.54, 1.807) is 6.92 Å². The Morgan fingerprint density at radius 2 is 2.13 bits per heavy atom. The standard InChI is InChI=1S/C11H18N2O2/c1-8-5-10(15)13(7-12-8)6-9(14)11(2,3)4/h5,7,9,14H,6H2,1-4H3. The van der Waals surface area contributed by atoms with E-state index in [9.17, 15) is 9.90 Å². The molecule has 1 heterocycles. The van der Waals surface area contributed by atoms with Gasteiger partial charge in [0.1, 0.15) is 0 Å². The summed E-state index contributed by atoms with van der Waals surface area (Å²) in [6.45, 7) is 7.86. The van der Waals surface area contributed by atoms with Crippen LogP contribution in [0.25, 0.3) is 0 Å². The Labute approximate surface area is 89.6 Å². The maximum Gasteiger partial charge on any atom is 0.253 e. The Morgan fingerprint density at radius 1 is 1.53 bits per heavy atom. The maximum absolute atomic E-state index is 11.5. The minimum Gasteiger partial charge on any atom is -0.391 e. The highest BCUT2D eigenvalue weighted by Gasteiger charge is 2.22. The first kappa shape index (κ1) is 11.9. The highest BCUT2D eigenvalue weighted by atomic mass is 16.3. The topological polar surface area (TPSA) is 55.1 Å². The van der Waals surface area contributed by atoms with E-state index in [1.807, 2.05) is 20.8 Å². The monoisotopic (exact) mass is 210 g/mol. The average Bonchev–Trinajstić information content (AvgIpc) is 2.08. The normalized spacial score (nSPS) is 13.9. The van der Waals surface area contributed by atoms with Crippen LogP contribution in [0.5, 0.6) is 0 Å². The van der Waals surface area contributed by atoms with Gasteiger partial charge in [0.15, 0.2) is 0 Å². The van der Waals surface area contributed by atoms with Gasteiger partial charge < -0.3 is 5.11 Å². The zero-order chi connectivity index (χ0) is 11.6. The third-order valence-corrected chi connectivity index (χ3v) is 2.39. The molecule has 0 aliphatic rings. The Bertz CT molecular complexity index is 390. The molecule has 0 aliphatic heterocycles. The third kappa shape index (κ3) is 3.16. The van der Waals surface area contributed by atoms with Crippen molar-refractivity contribution in [2.45, 2.75) is 40.3 Å². The van der Waals surface area contributed by atoms with Crippen LogP contribution in [-0.4, -0.2) is 20.8 Å². The van der Waals surface area contributed by atoms with Gasteiger partial charge in [-0.1, -0.05) is 20.8 Å². The lowest BCUT2D eigenvalue weighted by molar-refractivity contribution is 0.0469. The fourth-order valence-corrected chi connectivity index (χ4v) is 1.11. The molecule has 84 valence electrons. The molecule has 0 amide bonds. The summed E-state index contributed by atoms with van der Waals surface area (Å²) < 4.78 is 1.43. The van der Waals surface area contributed by atoms with Gasteiger partial charge in [0.2, 0.25) is 0 Å². The van der Waals surface area contributed by atoms with Crippen LogP contribution in [0.1, 0.15) is 26.5 Å². The number of rotatable bonds is 2. The molecule has 0 bridgehead atoms. The highest BCUT2D eigenvalue weighted by molar-refractivity contribution is 4.96. The van der Waals surface area contributed by atoms with Crippen molar-refractivity contribution in [3.8, 4) is 0 Å². The van der Waals surface area contributed by atoms with Crippen LogP contribution in [0.2, 0.25) is 0 Å². The summed E-state index contributed by atoms with van der Waals surface area (Å²) in [5.74, 6) is 0. The molecule has 15 heavy (non-hydrogen) atoms. The molecule has 4 heteroatoms. The van der Waals surface area contributed by atoms with Crippen molar-refractivity contribution in [3.63, 3.8) is 0 Å². The van der Waals surface area contributed by atoms with Crippen molar-refractivity contribution in [2.75, 3.05) is 0 Å². The average molecular weight is 210 g/mol. The summed E-state index contributed by atoms with van der Waals surface area (Å²) in [5, 5.41) is 9.85. The first-order valence-electron chi connectivity index (χ1n) is 5.02. The summed E-state index contributed by atoms with van der Waals surface area (Å²) in [7, 11) is 0. The Hall–Kier alpha value is -1.16. The lowest BCUT2D eigenvalue weighted by atomic mass is 9.89. The van der Waals surface area contributed by atoms with Crippen molar-refractivity contribution in [1.82, 2.24) is 9.55 Å². The van der Waals surface area contributed by atoms with Crippen molar-refractivity contribution < 1.29 is 5.11 Å². The van der Waals surface area contributed by atoms with E-state index >= 15 is 0 Å². The fraction of sp³-hybridized carbons (Fsp3) is 0.636. The van der Waals surface area contributed by atoms with Crippen molar-refractivity contribution in [1.29, 1.82) is 0 Å². The second-order valence-corrected chi connectivity index (χ2v) is 4.90. The van der Waals surface area contributed by atoms with E-state index < -0.39 is 6.10 Å². The molecule has 0 saturated carbocycles. The van der Waals surface area contributed by atoms with Gasteiger partial charge >= 0.3 is 0 Å². The molecule has 0 fully saturated rings. The summed E-state index contributed by atoms with van der Waals surface area (Å²) in [6.07, 6.45) is 0.923. The zero-order valence-corrected chi connectivity index (χ0v) is 9.69. The van der Waals surface area contributed by atoms with Gasteiger partial charge in [-0.3, -0.25) is 9.36 Å². The summed E-state index contributed by atoms with van der Waals surface area (Å²) in [4.78, 5) is 15.5. The van der Waals surface area contributed by atoms with E-state index in [-0.39, 0.29) is 17.5 Å². The first-order chi connectivity index (χ1) is 6.80. The van der Waals surface area contributed by atoms with Crippen molar-refractivity contribution in [3.05, 3.63) is 28.4 Å². The number of hydrogen-bond donors (Lipinski definition) is 1. The second-order valence-electron chi connectivity index (χ2n) is 4.90. The maximum atomic E-state index is 11.5. The van der Waals surface area contributed by atoms with Gasteiger partial charge in [0.25, 0.3) is 5.56 Å². The van der Waals surface area contributed by atoms with Gasteiger partial charge in [-0.15, -0.1) is 0 Å². The van der Waals surface area contributed by atoms with Gasteiger partial charge in [0.05, 0.1) is 19.0 Å². The van der Waals surface area contributed by atoms with Crippen LogP contribution < -0.4 is 5.56 Å². The molecule has 0 aliphatic carbocycles. The van der Waals surface area contributed by atoms with Crippen molar-refractivity contribution in [2.24, 2.45) is 5.41 Å². The fourth-order valence-electron chi connectivity index (χ4n) is 1.11. The van der Waals surface area contributed by atoms with Crippen LogP contribution in [0.15, 0.2) is 17.2 Å². The number of aromatic nitrogens is 2. The molecule has 1 N–H and O–H groups in total. The second kappa shape index (κ2) is 4.14. The van der Waals surface area contributed by atoms with Crippen molar-refractivity contribution >= 4 is 0 Å². The van der Waals surface area contributed by atoms with E-state index in [4.69, 9.17) is 0 Å². The van der Waals surface area contributed by atoms with Crippen LogP contribution in [0.4, 0.5) is 0 Å². The summed E-state index contributed by atoms with van der Waals surface area (Å²) >= 11 is 0. The SMILES string of the molecule is Cc1cc(=O)n(CC(O)C(C)(C)C)cn1. The van der Waals surface area contributed by atoms with E-state index in [0.717, 1.165) is 0 Å². The minimum absolute atomic E-state index is 0.120. The number of nitrogens with zero attached hydrogens (tertiary/aromatic N) is 2. The van der Waals surface area contributed by atoms with Gasteiger partial charge in [0, 0.05) is 11.8 Å². The molecule has 1 atom stereocenters. The Kier molecular flexibility index (Phi) is 3.29. The molecular weight excluding hydrogens is 192 g/mol. The van der Waals surface area contributed by atoms with Crippen LogP contribution in [0, 0.1) is 12.3 Å². The molecule has 1 unspecified atom stereocenters. The van der Waals surface area contributed by atoms with Gasteiger partial charge in [-0.2, -0.15) is 0 Å². The first-order valence-corrected chi connectivity index (χ1v) is 5.02. The number of aryl methyl sites for hydroxylation is 1. The van der Waals surface area contributed by atoms with Gasteiger partial charge in [-0.05, 0) is 12.3 Å². The quantitative estimate of drug-likeness (QED) is 0.791. The molecule has 0 aromatic carbocycles. The van der Waals surface area contributed by atoms with Crippen LogP contribution in [-0.2, 0) is 6.54 Å². The summed E-state index contributed by atoms with van der Waals surface area (Å²) in [6, 6.07) is 1.47. The third-order valence-electron chi connectivity index (χ3n) is 2.39. The molecule has 1 rings (SSSR count). The van der Waals surface area contributed by atoms with Crippen LogP contribution in [0.3, 0.4) is 0 Å². The zero-order valence-electron chi connectivity index (χ0n) is 9.69. The highest BCUT2D eigenvalue weighted by Crippen LogP contribution is 2.19. The predicted molar refractivity (Wildman–Crippen MR) is 58.7 cm³/mol. The minimum atomic E-state index is -0.556. The Balaban J connectivity index is 2.87. The smallest absolute Gasteiger partial charge is 0.253 e. The van der Waals surface area contributed by atoms with E-state index in [1.165, 1.54) is 17.0 Å². The van der Waals surface area contributed by atoms with Crippen LogP contribution >= 0.6 is 0 Å². The number of aliphatic hydroxyl groups excluding tert-OH is 1. The number of aliphatic hydroxyl groups is 1. The molecule has 0 spiro atoms. The summed E-state index contributed by atoms with van der Waals surface area (Å²) in [5.41, 5.74) is 0.344. The molecule has 0 radical (unpaired) electrons. The van der Waals surface area contributed by atoms with E-state index in [2.05, 4.69) is 4.98 Å². The largest absolute Gasteiger partial charge is 0.391 e. The molecule has 0 saturated heterocycles. The lowest BCUT2D eigenvalue weighted by Gasteiger charge is -2.26. The van der Waals surface area contributed by atoms with Gasteiger partial charge in [-0.25, -0.2) is 4.98 Å². The van der Waals surface area contributed by atoms with E-state index in [0.29, 0.717) is 5.69 Å². The Morgan fingerprint density at radius 3 is 2.60 bits per heavy atom. The molecule has 1 aromatic heterocycles. The molecule has 4 nitrogen and oxygen atoms in total. The lowest BCUT2D eigenvalue weighted by Crippen LogP contribution is -2.34. The predicted octanol–water partition coefficient (Wildman–Crippen LogP) is 0.959.